The van der Waals surface area contributed by atoms with Gasteiger partial charge < -0.3 is 25.6 Å². The molecule has 0 saturated carbocycles. The number of hydrogen-bond donors (Lipinski definition) is 3. The smallest absolute Gasteiger partial charge is 0.346 e. The topological polar surface area (TPSA) is 130 Å². The molecule has 2 aromatic heterocycles. The maximum atomic E-state index is 13.7. The number of carbonyl (C=O) groups is 1. The van der Waals surface area contributed by atoms with Gasteiger partial charge in [0.15, 0.2) is 5.65 Å². The zero-order valence-electron chi connectivity index (χ0n) is 32.5. The van der Waals surface area contributed by atoms with E-state index in [9.17, 15) is 4.79 Å². The Bertz CT molecular complexity index is 1970. The summed E-state index contributed by atoms with van der Waals surface area (Å²) in [6.07, 6.45) is 13.6. The summed E-state index contributed by atoms with van der Waals surface area (Å²) in [5, 5.41) is 14.2. The number of amides is 2. The molecule has 2 saturated heterocycles. The van der Waals surface area contributed by atoms with Gasteiger partial charge in [-0.05, 0) is 106 Å². The third-order valence-electron chi connectivity index (χ3n) is 11.3. The number of anilines is 1. The van der Waals surface area contributed by atoms with Crippen LogP contribution >= 0.6 is 0 Å². The first kappa shape index (κ1) is 37.6. The number of quaternary nitrogens is 1. The minimum absolute atomic E-state index is 0.162. The Kier molecular flexibility index (Phi) is 11.6. The van der Waals surface area contributed by atoms with E-state index in [1.54, 1.807) is 0 Å². The van der Waals surface area contributed by atoms with Gasteiger partial charge in [-0.1, -0.05) is 63.6 Å². The number of ether oxygens (including phenoxy) is 1. The van der Waals surface area contributed by atoms with Crippen molar-refractivity contribution in [3.05, 3.63) is 95.3 Å². The summed E-state index contributed by atoms with van der Waals surface area (Å²) in [4.78, 5) is 23.2. The summed E-state index contributed by atoms with van der Waals surface area (Å²) in [7, 11) is 0. The Balaban J connectivity index is 1.06. The molecule has 0 unspecified atom stereocenters. The van der Waals surface area contributed by atoms with Crippen LogP contribution in [0, 0.1) is 5.41 Å². The molecular formula is C43H58N9O2+. The first-order valence-corrected chi connectivity index (χ1v) is 20.0. The van der Waals surface area contributed by atoms with Crippen molar-refractivity contribution in [1.29, 1.82) is 0 Å². The number of rotatable bonds is 9. The molecule has 0 spiro atoms. The minimum atomic E-state index is -0.392. The maximum Gasteiger partial charge on any atom is 0.346 e. The molecule has 3 aliphatic rings. The third kappa shape index (κ3) is 9.13. The van der Waals surface area contributed by atoms with E-state index in [-0.39, 0.29) is 17.6 Å². The normalized spacial score (nSPS) is 21.6. The first-order chi connectivity index (χ1) is 26.1. The number of fused-ring (bicyclic) bond motifs is 2. The molecule has 5 N–H and O–H groups in total. The van der Waals surface area contributed by atoms with E-state index in [1.807, 2.05) is 46.3 Å². The number of urea groups is 1. The highest BCUT2D eigenvalue weighted by atomic mass is 16.5. The fourth-order valence-electron chi connectivity index (χ4n) is 7.97. The zero-order valence-corrected chi connectivity index (χ0v) is 32.5. The maximum absolute atomic E-state index is 13.7. The number of hydrogen-bond acceptors (Lipinski definition) is 7. The number of nitrogens with two attached hydrogens (primary N) is 2. The van der Waals surface area contributed by atoms with Crippen LogP contribution in [0.25, 0.3) is 5.65 Å². The fourth-order valence-corrected chi connectivity index (χ4v) is 7.97. The average molecular weight is 733 g/mol. The van der Waals surface area contributed by atoms with Crippen LogP contribution in [0.3, 0.4) is 0 Å². The third-order valence-corrected chi connectivity index (χ3v) is 11.3. The van der Waals surface area contributed by atoms with Gasteiger partial charge in [-0.3, -0.25) is 9.72 Å². The Morgan fingerprint density at radius 3 is 2.56 bits per heavy atom. The predicted octanol–water partition coefficient (Wildman–Crippen LogP) is 6.98. The Morgan fingerprint density at radius 1 is 0.963 bits per heavy atom. The van der Waals surface area contributed by atoms with E-state index in [4.69, 9.17) is 10.5 Å². The lowest BCUT2D eigenvalue weighted by Gasteiger charge is -2.33. The highest BCUT2D eigenvalue weighted by molar-refractivity contribution is 5.96. The van der Waals surface area contributed by atoms with E-state index in [0.29, 0.717) is 24.0 Å². The van der Waals surface area contributed by atoms with E-state index in [0.717, 1.165) is 72.9 Å². The first-order valence-electron chi connectivity index (χ1n) is 20.0. The van der Waals surface area contributed by atoms with Gasteiger partial charge in [0, 0.05) is 42.4 Å². The van der Waals surface area contributed by atoms with Crippen LogP contribution < -0.4 is 26.0 Å². The van der Waals surface area contributed by atoms with Gasteiger partial charge in [0.05, 0.1) is 12.2 Å². The van der Waals surface area contributed by atoms with Crippen LogP contribution in [0.1, 0.15) is 108 Å². The Hall–Kier alpha value is -4.74. The molecule has 4 aromatic rings. The quantitative estimate of drug-likeness (QED) is 0.0962. The highest BCUT2D eigenvalue weighted by Gasteiger charge is 2.30. The van der Waals surface area contributed by atoms with Crippen molar-refractivity contribution in [2.75, 3.05) is 31.1 Å². The van der Waals surface area contributed by atoms with Gasteiger partial charge >= 0.3 is 6.03 Å². The number of amidine groups is 1. The van der Waals surface area contributed by atoms with Gasteiger partial charge in [-0.15, -0.1) is 15.2 Å². The summed E-state index contributed by atoms with van der Waals surface area (Å²) in [6.45, 7) is 12.9. The monoisotopic (exact) mass is 732 g/mol. The Morgan fingerprint density at radius 2 is 1.76 bits per heavy atom. The second-order valence-electron chi connectivity index (χ2n) is 16.4. The largest absolute Gasteiger partial charge is 0.484 e. The number of aliphatic imine (C=N–C) groups is 1. The molecule has 0 bridgehead atoms. The number of nitrogens with zero attached hydrogens (tertiary/aromatic N) is 6. The second kappa shape index (κ2) is 16.7. The lowest BCUT2D eigenvalue weighted by Crippen LogP contribution is -2.82. The molecule has 2 amide bonds. The molecule has 0 radical (unpaired) electrons. The molecule has 286 valence electrons. The molecule has 2 aliphatic heterocycles. The molecule has 1 aliphatic carbocycles. The van der Waals surface area contributed by atoms with Crippen LogP contribution in [0.15, 0.2) is 83.6 Å². The summed E-state index contributed by atoms with van der Waals surface area (Å²) in [5.41, 5.74) is 12.1. The summed E-state index contributed by atoms with van der Waals surface area (Å²) >= 11 is 0. The van der Waals surface area contributed by atoms with E-state index < -0.39 is 6.03 Å². The summed E-state index contributed by atoms with van der Waals surface area (Å²) in [6, 6.07) is 20.5. The van der Waals surface area contributed by atoms with Crippen LogP contribution in [0.2, 0.25) is 0 Å². The second-order valence-corrected chi connectivity index (χ2v) is 16.4. The number of allylic oxidation sites excluding steroid dienone is 1. The van der Waals surface area contributed by atoms with Crippen LogP contribution in [-0.4, -0.2) is 63.6 Å². The van der Waals surface area contributed by atoms with E-state index in [1.165, 1.54) is 44.3 Å². The van der Waals surface area contributed by atoms with Crippen molar-refractivity contribution in [3.8, 4) is 5.75 Å². The zero-order chi connectivity index (χ0) is 37.7. The predicted molar refractivity (Wildman–Crippen MR) is 215 cm³/mol. The fraction of sp³-hybridized carbons (Fsp3) is 0.488. The van der Waals surface area contributed by atoms with Crippen molar-refractivity contribution in [2.24, 2.45) is 16.1 Å². The Labute approximate surface area is 320 Å². The van der Waals surface area contributed by atoms with Gasteiger partial charge in [-0.2, -0.15) is 0 Å². The lowest BCUT2D eigenvalue weighted by atomic mass is 9.85. The molecular weight excluding hydrogens is 675 g/mol. The van der Waals surface area contributed by atoms with Gasteiger partial charge in [-0.25, -0.2) is 4.79 Å². The minimum Gasteiger partial charge on any atom is -0.484 e. The number of likely N-dealkylation sites (tertiary alicyclic amines) is 1. The molecule has 2 fully saturated rings. The number of benzene rings is 2. The number of pyridine rings is 1. The molecule has 7 rings (SSSR count). The van der Waals surface area contributed by atoms with Gasteiger partial charge in [0.25, 0.3) is 0 Å². The standard InChI is InChI=1S/C43H57N9O2/c1-30-13-8-11-25-51(30)42-49-48-40-21-18-33(29-52(40)42)54-37-20-19-36(34-16-6-7-17-35(34)37)46-41(53)47-39(28-38(44)43(2,3)4)45-32-15-12-14-31(27-32)22-26-50-23-9-5-10-24-50/h6-7,12,14-18,21,27-30,36-37H,5,8-11,13,19-20,22-26,44H2,1-4H3,(H2,45,46,47,53)/p+1/b38-28-/t30-,36-,37+/m0/s1. The highest BCUT2D eigenvalue weighted by Crippen LogP contribution is 2.39. The van der Waals surface area contributed by atoms with Crippen molar-refractivity contribution < 1.29 is 14.8 Å². The van der Waals surface area contributed by atoms with Crippen LogP contribution in [0.4, 0.5) is 16.4 Å². The lowest BCUT2D eigenvalue weighted by molar-refractivity contribution is -0.441. The SMILES string of the molecule is C[C@H]1CCCCN1c1nnc2ccc(O[C@@H]3CC[C@H](NC(=O)/N=C(\C=C(/N)C(C)(C)C)[NH2+]c4cccc(CCN5CCCCC5)c4)c4ccccc43)cn12. The van der Waals surface area contributed by atoms with Crippen molar-refractivity contribution in [3.63, 3.8) is 0 Å². The molecule has 4 heterocycles. The molecule has 2 aromatic carbocycles. The molecule has 54 heavy (non-hydrogen) atoms. The number of piperidine rings is 2. The van der Waals surface area contributed by atoms with Crippen LogP contribution in [0.5, 0.6) is 5.75 Å². The number of carbonyl (C=O) groups excluding carboxylic acids is 1. The molecule has 3 atom stereocenters. The average Bonchev–Trinajstić information content (AvgIpc) is 3.58. The molecule has 11 heteroatoms. The van der Waals surface area contributed by atoms with Crippen LogP contribution in [-0.2, 0) is 6.42 Å². The summed E-state index contributed by atoms with van der Waals surface area (Å²) in [5.74, 6) is 2.16. The van der Waals surface area contributed by atoms with E-state index in [2.05, 4.69) is 94.4 Å². The van der Waals surface area contributed by atoms with Gasteiger partial charge in [0.2, 0.25) is 11.8 Å². The van der Waals surface area contributed by atoms with Crippen molar-refractivity contribution in [1.82, 2.24) is 24.8 Å². The van der Waals surface area contributed by atoms with Crippen molar-refractivity contribution >= 4 is 29.1 Å². The van der Waals surface area contributed by atoms with E-state index >= 15 is 0 Å². The number of aromatic nitrogens is 3. The van der Waals surface area contributed by atoms with Crippen molar-refractivity contribution in [2.45, 2.75) is 104 Å². The summed E-state index contributed by atoms with van der Waals surface area (Å²) < 4.78 is 8.74. The number of nitrogens with one attached hydrogen (secondary N) is 1. The van der Waals surface area contributed by atoms with Gasteiger partial charge in [0.1, 0.15) is 17.5 Å². The molecule has 11 nitrogen and oxygen atoms in total.